The molecule has 2 heterocycles. The summed E-state index contributed by atoms with van der Waals surface area (Å²) in [5, 5.41) is 1.34. The summed E-state index contributed by atoms with van der Waals surface area (Å²) in [6, 6.07) is 0. The molecule has 0 aromatic rings. The van der Waals surface area contributed by atoms with E-state index in [-0.39, 0.29) is 12.2 Å². The summed E-state index contributed by atoms with van der Waals surface area (Å²) in [6.45, 7) is 2.20. The molecule has 0 aliphatic carbocycles. The van der Waals surface area contributed by atoms with Crippen LogP contribution < -0.4 is 0 Å². The van der Waals surface area contributed by atoms with E-state index in [1.54, 1.807) is 0 Å². The van der Waals surface area contributed by atoms with Gasteiger partial charge in [0.25, 0.3) is 5.91 Å². The molecule has 2 aliphatic rings. The average molecular weight is 186 g/mol. The highest BCUT2D eigenvalue weighted by Crippen LogP contribution is 2.11. The van der Waals surface area contributed by atoms with Gasteiger partial charge in [-0.15, -0.1) is 0 Å². The van der Waals surface area contributed by atoms with Crippen molar-refractivity contribution in [2.75, 3.05) is 26.4 Å². The van der Waals surface area contributed by atoms with E-state index >= 15 is 0 Å². The highest BCUT2D eigenvalue weighted by Gasteiger charge is 2.24. The molecule has 0 aromatic heterocycles. The lowest BCUT2D eigenvalue weighted by Crippen LogP contribution is -2.27. The number of carbonyl (C=O) groups is 1. The molecule has 13 heavy (non-hydrogen) atoms. The molecule has 0 spiro atoms. The van der Waals surface area contributed by atoms with Gasteiger partial charge in [-0.05, 0) is 0 Å². The first-order chi connectivity index (χ1) is 6.36. The van der Waals surface area contributed by atoms with Crippen molar-refractivity contribution < 1.29 is 19.1 Å². The lowest BCUT2D eigenvalue weighted by atomic mass is 10.4. The van der Waals surface area contributed by atoms with Gasteiger partial charge in [0.1, 0.15) is 0 Å². The summed E-state index contributed by atoms with van der Waals surface area (Å²) >= 11 is 0. The maximum Gasteiger partial charge on any atom is 0.252 e. The Morgan fingerprint density at radius 3 is 2.85 bits per heavy atom. The van der Waals surface area contributed by atoms with Gasteiger partial charge in [-0.3, -0.25) is 9.63 Å². The van der Waals surface area contributed by atoms with Crippen LogP contribution >= 0.6 is 0 Å². The van der Waals surface area contributed by atoms with Crippen LogP contribution in [-0.2, 0) is 19.1 Å². The highest BCUT2D eigenvalue weighted by molar-refractivity contribution is 5.85. The van der Waals surface area contributed by atoms with Gasteiger partial charge in [0.15, 0.2) is 6.29 Å². The Bertz CT molecular complexity index is 191. The largest absolute Gasteiger partial charge is 0.350 e. The van der Waals surface area contributed by atoms with E-state index in [4.69, 9.17) is 14.3 Å². The van der Waals surface area contributed by atoms with Gasteiger partial charge < -0.3 is 9.47 Å². The van der Waals surface area contributed by atoms with Crippen LogP contribution in [0.4, 0.5) is 0 Å². The first-order valence-corrected chi connectivity index (χ1v) is 4.37. The Labute approximate surface area is 76.5 Å². The molecule has 0 bridgehead atoms. The van der Waals surface area contributed by atoms with Gasteiger partial charge >= 0.3 is 0 Å². The van der Waals surface area contributed by atoms with Gasteiger partial charge in [0.05, 0.1) is 32.8 Å². The zero-order valence-corrected chi connectivity index (χ0v) is 7.27. The summed E-state index contributed by atoms with van der Waals surface area (Å²) in [7, 11) is 0. The minimum Gasteiger partial charge on any atom is -0.350 e. The van der Waals surface area contributed by atoms with Crippen molar-refractivity contribution in [1.29, 1.82) is 0 Å². The number of ether oxygens (including phenoxy) is 2. The third-order valence-electron chi connectivity index (χ3n) is 1.99. The molecule has 5 nitrogen and oxygen atoms in total. The molecule has 2 fully saturated rings. The standard InChI is InChI=1S/C8H12NO4/c10-7-2-4-13-9(7)3-1-8-11-5-6-12-8/h2,8H,1,3-6H2. The fourth-order valence-corrected chi connectivity index (χ4v) is 1.34. The minimum absolute atomic E-state index is 0.0713. The van der Waals surface area contributed by atoms with Crippen molar-refractivity contribution in [3.05, 3.63) is 6.42 Å². The predicted octanol–water partition coefficient (Wildman–Crippen LogP) is -0.273. The van der Waals surface area contributed by atoms with Crippen molar-refractivity contribution in [2.45, 2.75) is 12.7 Å². The van der Waals surface area contributed by atoms with Crippen molar-refractivity contribution in [1.82, 2.24) is 5.06 Å². The molecule has 73 valence electrons. The number of carbonyl (C=O) groups excluding carboxylic acids is 1. The summed E-state index contributed by atoms with van der Waals surface area (Å²) in [4.78, 5) is 16.1. The molecule has 0 N–H and O–H groups in total. The number of hydroxylamine groups is 2. The van der Waals surface area contributed by atoms with E-state index in [0.29, 0.717) is 32.8 Å². The molecule has 0 aromatic carbocycles. The molecule has 0 unspecified atom stereocenters. The fourth-order valence-electron chi connectivity index (χ4n) is 1.34. The van der Waals surface area contributed by atoms with Gasteiger partial charge in [-0.25, -0.2) is 5.06 Å². The van der Waals surface area contributed by atoms with Gasteiger partial charge in [-0.1, -0.05) is 0 Å². The van der Waals surface area contributed by atoms with Crippen LogP contribution in [0.25, 0.3) is 0 Å². The first-order valence-electron chi connectivity index (χ1n) is 4.37. The molecular formula is C8H12NO4. The maximum absolute atomic E-state index is 11.0. The molecular weight excluding hydrogens is 174 g/mol. The van der Waals surface area contributed by atoms with E-state index in [1.165, 1.54) is 11.5 Å². The number of rotatable bonds is 3. The van der Waals surface area contributed by atoms with Crippen LogP contribution in [0.5, 0.6) is 0 Å². The van der Waals surface area contributed by atoms with Crippen LogP contribution in [0, 0.1) is 6.42 Å². The summed E-state index contributed by atoms with van der Waals surface area (Å²) in [5.74, 6) is -0.0713. The quantitative estimate of drug-likeness (QED) is 0.608. The fraction of sp³-hybridized carbons (Fsp3) is 0.750. The van der Waals surface area contributed by atoms with Crippen LogP contribution in [0.15, 0.2) is 0 Å². The Morgan fingerprint density at radius 1 is 1.46 bits per heavy atom. The van der Waals surface area contributed by atoms with E-state index in [1.807, 2.05) is 0 Å². The monoisotopic (exact) mass is 186 g/mol. The average Bonchev–Trinajstić information content (AvgIpc) is 2.72. The zero-order chi connectivity index (χ0) is 9.10. The molecule has 1 radical (unpaired) electrons. The Kier molecular flexibility index (Phi) is 2.77. The number of amides is 1. The zero-order valence-electron chi connectivity index (χ0n) is 7.27. The van der Waals surface area contributed by atoms with Crippen LogP contribution in [0.2, 0.25) is 0 Å². The second kappa shape index (κ2) is 4.04. The molecule has 2 saturated heterocycles. The van der Waals surface area contributed by atoms with E-state index < -0.39 is 0 Å². The second-order valence-electron chi connectivity index (χ2n) is 2.90. The normalized spacial score (nSPS) is 24.6. The third-order valence-corrected chi connectivity index (χ3v) is 1.99. The Morgan fingerprint density at radius 2 is 2.23 bits per heavy atom. The van der Waals surface area contributed by atoms with Crippen molar-refractivity contribution in [2.24, 2.45) is 0 Å². The van der Waals surface area contributed by atoms with E-state index in [2.05, 4.69) is 0 Å². The third kappa shape index (κ3) is 2.18. The van der Waals surface area contributed by atoms with Crippen molar-refractivity contribution in [3.63, 3.8) is 0 Å². The van der Waals surface area contributed by atoms with E-state index in [9.17, 15) is 4.79 Å². The minimum atomic E-state index is -0.169. The topological polar surface area (TPSA) is 48.0 Å². The second-order valence-corrected chi connectivity index (χ2v) is 2.90. The maximum atomic E-state index is 11.0. The van der Waals surface area contributed by atoms with Gasteiger partial charge in [0.2, 0.25) is 0 Å². The van der Waals surface area contributed by atoms with Crippen molar-refractivity contribution >= 4 is 5.91 Å². The number of hydrogen-bond acceptors (Lipinski definition) is 4. The van der Waals surface area contributed by atoms with Gasteiger partial charge in [-0.2, -0.15) is 0 Å². The van der Waals surface area contributed by atoms with Crippen LogP contribution in [0.1, 0.15) is 6.42 Å². The molecule has 5 heteroatoms. The van der Waals surface area contributed by atoms with Crippen LogP contribution in [0.3, 0.4) is 0 Å². The molecule has 1 amide bonds. The summed E-state index contributed by atoms with van der Waals surface area (Å²) in [6.07, 6.45) is 2.01. The lowest BCUT2D eigenvalue weighted by molar-refractivity contribution is -0.166. The Hall–Kier alpha value is -0.650. The van der Waals surface area contributed by atoms with E-state index in [0.717, 1.165) is 0 Å². The Balaban J connectivity index is 1.69. The number of hydrogen-bond donors (Lipinski definition) is 0. The van der Waals surface area contributed by atoms with Gasteiger partial charge in [0, 0.05) is 6.42 Å². The van der Waals surface area contributed by atoms with Crippen LogP contribution in [-0.4, -0.2) is 43.6 Å². The SMILES string of the molecule is O=C1[CH]CON1CCC1OCCO1. The first kappa shape index (κ1) is 8.93. The predicted molar refractivity (Wildman–Crippen MR) is 42.3 cm³/mol. The molecule has 0 atom stereocenters. The van der Waals surface area contributed by atoms with Crippen molar-refractivity contribution in [3.8, 4) is 0 Å². The molecule has 2 aliphatic heterocycles. The molecule has 0 saturated carbocycles. The highest BCUT2D eigenvalue weighted by atomic mass is 16.7. The molecule has 2 rings (SSSR count). The number of nitrogens with zero attached hydrogens (tertiary/aromatic N) is 1. The smallest absolute Gasteiger partial charge is 0.252 e. The summed E-state index contributed by atoms with van der Waals surface area (Å²) < 4.78 is 10.4. The lowest BCUT2D eigenvalue weighted by Gasteiger charge is -2.15. The summed E-state index contributed by atoms with van der Waals surface area (Å²) in [5.41, 5.74) is 0.